The number of carbonyl (C=O) groups is 2. The number of rotatable bonds is 0. The van der Waals surface area contributed by atoms with Crippen LogP contribution >= 0.6 is 46.4 Å². The Labute approximate surface area is 178 Å². The highest BCUT2D eigenvalue weighted by Crippen LogP contribution is 2.45. The fraction of sp³-hybridized carbons (Fsp3) is 0. The van der Waals surface area contributed by atoms with Crippen LogP contribution in [0.2, 0.25) is 20.1 Å². The summed E-state index contributed by atoms with van der Waals surface area (Å²) in [6.45, 7) is 0. The molecule has 1 aliphatic carbocycles. The van der Waals surface area contributed by atoms with Crippen LogP contribution in [0.5, 0.6) is 0 Å². The second-order valence-electron chi connectivity index (χ2n) is 6.45. The molecule has 0 unspecified atom stereocenters. The van der Waals surface area contributed by atoms with Gasteiger partial charge in [-0.25, -0.2) is 0 Å². The zero-order chi connectivity index (χ0) is 19.7. The van der Waals surface area contributed by atoms with Crippen molar-refractivity contribution in [2.75, 3.05) is 0 Å². The van der Waals surface area contributed by atoms with Crippen LogP contribution in [0.1, 0.15) is 31.8 Å². The lowest BCUT2D eigenvalue weighted by atomic mass is 9.82. The molecule has 0 N–H and O–H groups in total. The molecule has 0 aliphatic heterocycles. The van der Waals surface area contributed by atoms with E-state index in [1.54, 1.807) is 36.5 Å². The van der Waals surface area contributed by atoms with Gasteiger partial charge in [0.1, 0.15) is 0 Å². The standard InChI is InChI=1S/C21H7Cl4NO2/c22-16-9-5-12-13(6-10(9)17(23)19(25)18(16)24)21(28)14-7-15-8(2-1-3-26-15)4-11(14)20(12)27/h1-7H. The van der Waals surface area contributed by atoms with Gasteiger partial charge in [0.2, 0.25) is 0 Å². The molecule has 1 heterocycles. The third-order valence-electron chi connectivity index (χ3n) is 4.93. The number of ketones is 2. The fourth-order valence-electron chi connectivity index (χ4n) is 3.55. The van der Waals surface area contributed by atoms with Crippen LogP contribution in [-0.4, -0.2) is 16.6 Å². The summed E-state index contributed by atoms with van der Waals surface area (Å²) < 4.78 is 0. The second kappa shape index (κ2) is 6.16. The van der Waals surface area contributed by atoms with Crippen molar-refractivity contribution in [3.63, 3.8) is 0 Å². The molecule has 5 rings (SSSR count). The van der Waals surface area contributed by atoms with Crippen molar-refractivity contribution >= 4 is 79.6 Å². The summed E-state index contributed by atoms with van der Waals surface area (Å²) in [6, 6.07) is 10.0. The van der Waals surface area contributed by atoms with Crippen molar-refractivity contribution < 1.29 is 9.59 Å². The number of nitrogens with zero attached hydrogens (tertiary/aromatic N) is 1. The van der Waals surface area contributed by atoms with Crippen molar-refractivity contribution in [1.82, 2.24) is 4.98 Å². The smallest absolute Gasteiger partial charge is 0.194 e. The van der Waals surface area contributed by atoms with Crippen LogP contribution < -0.4 is 0 Å². The summed E-state index contributed by atoms with van der Waals surface area (Å²) >= 11 is 25.0. The van der Waals surface area contributed by atoms with Crippen molar-refractivity contribution in [2.24, 2.45) is 0 Å². The molecule has 4 aromatic rings. The third-order valence-corrected chi connectivity index (χ3v) is 6.76. The Hall–Kier alpha value is -2.17. The molecule has 7 heteroatoms. The van der Waals surface area contributed by atoms with E-state index in [1.165, 1.54) is 0 Å². The van der Waals surface area contributed by atoms with Crippen LogP contribution in [0.25, 0.3) is 21.7 Å². The minimum atomic E-state index is -0.280. The van der Waals surface area contributed by atoms with E-state index in [0.29, 0.717) is 27.4 Å². The number of hydrogen-bond donors (Lipinski definition) is 0. The maximum atomic E-state index is 13.2. The second-order valence-corrected chi connectivity index (χ2v) is 7.96. The van der Waals surface area contributed by atoms with Gasteiger partial charge in [-0.3, -0.25) is 14.6 Å². The van der Waals surface area contributed by atoms with Gasteiger partial charge in [0, 0.05) is 44.6 Å². The third kappa shape index (κ3) is 2.34. The summed E-state index contributed by atoms with van der Waals surface area (Å²) in [5.41, 5.74) is 1.79. The average Bonchev–Trinajstić information content (AvgIpc) is 2.72. The quantitative estimate of drug-likeness (QED) is 0.194. The summed E-state index contributed by atoms with van der Waals surface area (Å²) in [4.78, 5) is 30.6. The molecule has 136 valence electrons. The van der Waals surface area contributed by atoms with Crippen LogP contribution in [-0.2, 0) is 0 Å². The summed E-state index contributed by atoms with van der Waals surface area (Å²) in [6.07, 6.45) is 1.64. The van der Waals surface area contributed by atoms with E-state index in [2.05, 4.69) is 4.98 Å². The molecule has 1 aliphatic rings. The van der Waals surface area contributed by atoms with Gasteiger partial charge in [0.05, 0.1) is 25.6 Å². The average molecular weight is 447 g/mol. The van der Waals surface area contributed by atoms with E-state index in [0.717, 1.165) is 5.39 Å². The van der Waals surface area contributed by atoms with Gasteiger partial charge >= 0.3 is 0 Å². The Kier molecular flexibility index (Phi) is 3.94. The molecule has 0 bridgehead atoms. The first-order valence-corrected chi connectivity index (χ1v) is 9.67. The Bertz CT molecular complexity index is 1290. The molecule has 0 fully saturated rings. The van der Waals surface area contributed by atoms with Crippen LogP contribution in [0.15, 0.2) is 42.6 Å². The lowest BCUT2D eigenvalue weighted by Gasteiger charge is -2.20. The molecule has 3 aromatic carbocycles. The van der Waals surface area contributed by atoms with Crippen molar-refractivity contribution in [2.45, 2.75) is 0 Å². The largest absolute Gasteiger partial charge is 0.289 e. The highest BCUT2D eigenvalue weighted by atomic mass is 35.5. The van der Waals surface area contributed by atoms with E-state index in [1.807, 2.05) is 6.07 Å². The van der Waals surface area contributed by atoms with E-state index >= 15 is 0 Å². The molecular weight excluding hydrogens is 440 g/mol. The normalized spacial score (nSPS) is 13.1. The first-order chi connectivity index (χ1) is 13.4. The van der Waals surface area contributed by atoms with Gasteiger partial charge in [-0.05, 0) is 30.3 Å². The highest BCUT2D eigenvalue weighted by Gasteiger charge is 2.31. The molecule has 0 amide bonds. The van der Waals surface area contributed by atoms with Gasteiger partial charge in [-0.1, -0.05) is 52.5 Å². The predicted octanol–water partition coefficient (Wildman–Crippen LogP) is 6.78. The molecule has 0 saturated heterocycles. The number of carbonyl (C=O) groups excluding carboxylic acids is 2. The van der Waals surface area contributed by atoms with Gasteiger partial charge in [-0.15, -0.1) is 0 Å². The van der Waals surface area contributed by atoms with Crippen molar-refractivity contribution in [3.8, 4) is 0 Å². The molecule has 0 saturated carbocycles. The maximum Gasteiger partial charge on any atom is 0.194 e. The number of benzene rings is 3. The van der Waals surface area contributed by atoms with Gasteiger partial charge in [0.15, 0.2) is 11.6 Å². The minimum absolute atomic E-state index is 0.103. The molecule has 28 heavy (non-hydrogen) atoms. The molecule has 3 nitrogen and oxygen atoms in total. The molecular formula is C21H7Cl4NO2. The zero-order valence-electron chi connectivity index (χ0n) is 13.8. The lowest BCUT2D eigenvalue weighted by molar-refractivity contribution is 0.0979. The Morgan fingerprint density at radius 3 is 1.71 bits per heavy atom. The number of fused-ring (bicyclic) bond motifs is 4. The molecule has 1 aromatic heterocycles. The number of aromatic nitrogens is 1. The molecule has 0 atom stereocenters. The minimum Gasteiger partial charge on any atom is -0.289 e. The maximum absolute atomic E-state index is 13.2. The van der Waals surface area contributed by atoms with Crippen molar-refractivity contribution in [1.29, 1.82) is 0 Å². The first-order valence-electron chi connectivity index (χ1n) is 8.16. The monoisotopic (exact) mass is 445 g/mol. The van der Waals surface area contributed by atoms with E-state index in [9.17, 15) is 9.59 Å². The summed E-state index contributed by atoms with van der Waals surface area (Å²) in [5.74, 6) is -0.548. The predicted molar refractivity (Wildman–Crippen MR) is 113 cm³/mol. The van der Waals surface area contributed by atoms with Gasteiger partial charge in [0.25, 0.3) is 0 Å². The van der Waals surface area contributed by atoms with E-state index < -0.39 is 0 Å². The summed E-state index contributed by atoms with van der Waals surface area (Å²) in [7, 11) is 0. The van der Waals surface area contributed by atoms with E-state index in [4.69, 9.17) is 46.4 Å². The Morgan fingerprint density at radius 2 is 1.14 bits per heavy atom. The Balaban J connectivity index is 1.86. The number of hydrogen-bond acceptors (Lipinski definition) is 3. The van der Waals surface area contributed by atoms with Crippen LogP contribution in [0, 0.1) is 0 Å². The highest BCUT2D eigenvalue weighted by molar-refractivity contribution is 6.55. The molecule has 0 spiro atoms. The SMILES string of the molecule is O=C1c2cc3cccnc3cc2C(=O)c2cc3c(Cl)c(Cl)c(Cl)c(Cl)c3cc21. The fourth-order valence-corrected chi connectivity index (χ4v) is 4.54. The first kappa shape index (κ1) is 17.9. The van der Waals surface area contributed by atoms with Gasteiger partial charge < -0.3 is 0 Å². The van der Waals surface area contributed by atoms with E-state index in [-0.39, 0.29) is 42.8 Å². The Morgan fingerprint density at radius 1 is 0.643 bits per heavy atom. The molecule has 0 radical (unpaired) electrons. The summed E-state index contributed by atoms with van der Waals surface area (Å²) in [5, 5.41) is 2.28. The van der Waals surface area contributed by atoms with Crippen molar-refractivity contribution in [3.05, 3.63) is 84.9 Å². The topological polar surface area (TPSA) is 47.0 Å². The zero-order valence-corrected chi connectivity index (χ0v) is 16.8. The number of pyridine rings is 1. The number of halogens is 4. The van der Waals surface area contributed by atoms with Crippen LogP contribution in [0.4, 0.5) is 0 Å². The van der Waals surface area contributed by atoms with Gasteiger partial charge in [-0.2, -0.15) is 0 Å². The lowest BCUT2D eigenvalue weighted by Crippen LogP contribution is -2.21. The van der Waals surface area contributed by atoms with Crippen LogP contribution in [0.3, 0.4) is 0 Å².